The van der Waals surface area contributed by atoms with E-state index in [0.717, 1.165) is 17.0 Å². The van der Waals surface area contributed by atoms with Gasteiger partial charge in [0.2, 0.25) is 0 Å². The Balaban J connectivity index is 2.07. The van der Waals surface area contributed by atoms with E-state index in [1.165, 1.54) is 5.56 Å². The molecule has 0 atom stereocenters. The number of H-pyrrole nitrogens is 1. The summed E-state index contributed by atoms with van der Waals surface area (Å²) in [5.74, 6) is 1.38. The fourth-order valence-corrected chi connectivity index (χ4v) is 1.47. The SMILES string of the molecule is Cc1ccc(C)c(OCc2cc(N)n[nH]2)c1. The van der Waals surface area contributed by atoms with Crippen LogP contribution >= 0.6 is 0 Å². The number of nitrogen functional groups attached to an aromatic ring is 1. The number of nitrogens with one attached hydrogen (secondary N) is 1. The number of rotatable bonds is 3. The van der Waals surface area contributed by atoms with Crippen molar-refractivity contribution in [3.8, 4) is 5.75 Å². The molecule has 16 heavy (non-hydrogen) atoms. The molecule has 4 nitrogen and oxygen atoms in total. The zero-order valence-electron chi connectivity index (χ0n) is 9.45. The van der Waals surface area contributed by atoms with Crippen molar-refractivity contribution in [1.29, 1.82) is 0 Å². The van der Waals surface area contributed by atoms with Crippen LogP contribution in [0.4, 0.5) is 5.82 Å². The van der Waals surface area contributed by atoms with Crippen LogP contribution in [0.2, 0.25) is 0 Å². The lowest BCUT2D eigenvalue weighted by atomic mass is 10.1. The van der Waals surface area contributed by atoms with Gasteiger partial charge < -0.3 is 10.5 Å². The van der Waals surface area contributed by atoms with E-state index in [2.05, 4.69) is 16.3 Å². The van der Waals surface area contributed by atoms with Crippen molar-refractivity contribution in [2.75, 3.05) is 5.73 Å². The summed E-state index contributed by atoms with van der Waals surface area (Å²) >= 11 is 0. The van der Waals surface area contributed by atoms with Crippen LogP contribution in [0.1, 0.15) is 16.8 Å². The van der Waals surface area contributed by atoms with Gasteiger partial charge in [-0.1, -0.05) is 12.1 Å². The zero-order valence-corrected chi connectivity index (χ0v) is 9.45. The van der Waals surface area contributed by atoms with Crippen molar-refractivity contribution in [3.05, 3.63) is 41.1 Å². The molecule has 0 fully saturated rings. The number of aromatic amines is 1. The van der Waals surface area contributed by atoms with E-state index in [1.54, 1.807) is 6.07 Å². The smallest absolute Gasteiger partial charge is 0.145 e. The summed E-state index contributed by atoms with van der Waals surface area (Å²) in [7, 11) is 0. The Morgan fingerprint density at radius 1 is 1.31 bits per heavy atom. The molecule has 0 aliphatic carbocycles. The summed E-state index contributed by atoms with van der Waals surface area (Å²) in [6, 6.07) is 7.91. The number of nitrogens with two attached hydrogens (primary N) is 1. The van der Waals surface area contributed by atoms with Crippen molar-refractivity contribution in [2.24, 2.45) is 0 Å². The van der Waals surface area contributed by atoms with Crippen molar-refractivity contribution in [2.45, 2.75) is 20.5 Å². The van der Waals surface area contributed by atoms with Gasteiger partial charge in [-0.25, -0.2) is 0 Å². The van der Waals surface area contributed by atoms with Gasteiger partial charge in [-0.3, -0.25) is 5.10 Å². The highest BCUT2D eigenvalue weighted by Gasteiger charge is 2.02. The van der Waals surface area contributed by atoms with Crippen LogP contribution < -0.4 is 10.5 Å². The summed E-state index contributed by atoms with van der Waals surface area (Å²) in [4.78, 5) is 0. The van der Waals surface area contributed by atoms with Crippen LogP contribution in [0.3, 0.4) is 0 Å². The maximum absolute atomic E-state index is 5.69. The molecule has 0 amide bonds. The summed E-state index contributed by atoms with van der Waals surface area (Å²) in [6.07, 6.45) is 0. The van der Waals surface area contributed by atoms with Gasteiger partial charge in [0.1, 0.15) is 18.2 Å². The van der Waals surface area contributed by atoms with E-state index in [9.17, 15) is 0 Å². The lowest BCUT2D eigenvalue weighted by Gasteiger charge is -2.08. The second-order valence-electron chi connectivity index (χ2n) is 3.88. The van der Waals surface area contributed by atoms with Crippen molar-refractivity contribution >= 4 is 5.82 Å². The molecule has 0 aliphatic rings. The Labute approximate surface area is 94.4 Å². The van der Waals surface area contributed by atoms with Crippen LogP contribution in [0.25, 0.3) is 0 Å². The molecular formula is C12H15N3O. The minimum absolute atomic E-state index is 0.453. The summed E-state index contributed by atoms with van der Waals surface area (Å²) < 4.78 is 5.69. The van der Waals surface area contributed by atoms with Crippen molar-refractivity contribution in [1.82, 2.24) is 10.2 Å². The Hall–Kier alpha value is -1.97. The molecule has 4 heteroatoms. The first kappa shape index (κ1) is 10.5. The molecule has 84 valence electrons. The monoisotopic (exact) mass is 217 g/mol. The fourth-order valence-electron chi connectivity index (χ4n) is 1.47. The average Bonchev–Trinajstić information content (AvgIpc) is 2.66. The van der Waals surface area contributed by atoms with Gasteiger partial charge in [0.25, 0.3) is 0 Å². The number of hydrogen-bond donors (Lipinski definition) is 2. The molecule has 2 aromatic rings. The number of aryl methyl sites for hydroxylation is 2. The van der Waals surface area contributed by atoms with Gasteiger partial charge in [0.15, 0.2) is 0 Å². The van der Waals surface area contributed by atoms with Gasteiger partial charge in [-0.05, 0) is 31.0 Å². The molecule has 1 aromatic heterocycles. The molecule has 2 rings (SSSR count). The van der Waals surface area contributed by atoms with E-state index in [0.29, 0.717) is 12.4 Å². The molecule has 0 unspecified atom stereocenters. The third-order valence-corrected chi connectivity index (χ3v) is 2.38. The predicted octanol–water partition coefficient (Wildman–Crippen LogP) is 2.19. The maximum atomic E-state index is 5.69. The number of anilines is 1. The quantitative estimate of drug-likeness (QED) is 0.828. The van der Waals surface area contributed by atoms with Crippen LogP contribution in [-0.2, 0) is 6.61 Å². The van der Waals surface area contributed by atoms with Crippen molar-refractivity contribution in [3.63, 3.8) is 0 Å². The minimum Gasteiger partial charge on any atom is -0.487 e. The van der Waals surface area contributed by atoms with Gasteiger partial charge in [-0.2, -0.15) is 5.10 Å². The fraction of sp³-hybridized carbons (Fsp3) is 0.250. The number of ether oxygens (including phenoxy) is 1. The van der Waals surface area contributed by atoms with E-state index >= 15 is 0 Å². The Bertz CT molecular complexity index is 491. The van der Waals surface area contributed by atoms with E-state index in [1.807, 2.05) is 26.0 Å². The molecule has 0 radical (unpaired) electrons. The van der Waals surface area contributed by atoms with E-state index in [-0.39, 0.29) is 0 Å². The number of benzene rings is 1. The summed E-state index contributed by atoms with van der Waals surface area (Å²) in [5.41, 5.74) is 8.69. The first-order valence-electron chi connectivity index (χ1n) is 5.15. The predicted molar refractivity (Wildman–Crippen MR) is 63.2 cm³/mol. The Kier molecular flexibility index (Phi) is 2.81. The standard InChI is InChI=1S/C12H15N3O/c1-8-3-4-9(2)11(5-8)16-7-10-6-12(13)15-14-10/h3-6H,7H2,1-2H3,(H3,13,14,15). The summed E-state index contributed by atoms with van der Waals surface area (Å²) in [5, 5.41) is 6.65. The van der Waals surface area contributed by atoms with Gasteiger partial charge in [-0.15, -0.1) is 0 Å². The molecule has 0 spiro atoms. The normalized spacial score (nSPS) is 10.4. The van der Waals surface area contributed by atoms with Gasteiger partial charge in [0.05, 0.1) is 5.69 Å². The molecule has 3 N–H and O–H groups in total. The first-order valence-corrected chi connectivity index (χ1v) is 5.15. The molecule has 1 aromatic carbocycles. The molecule has 0 bridgehead atoms. The lowest BCUT2D eigenvalue weighted by Crippen LogP contribution is -1.97. The minimum atomic E-state index is 0.453. The largest absolute Gasteiger partial charge is 0.487 e. The average molecular weight is 217 g/mol. The molecule has 0 saturated carbocycles. The van der Waals surface area contributed by atoms with E-state index in [4.69, 9.17) is 10.5 Å². The number of hydrogen-bond acceptors (Lipinski definition) is 3. The number of aromatic nitrogens is 2. The Morgan fingerprint density at radius 3 is 2.81 bits per heavy atom. The Morgan fingerprint density at radius 2 is 2.12 bits per heavy atom. The first-order chi connectivity index (χ1) is 7.65. The van der Waals surface area contributed by atoms with Gasteiger partial charge in [0, 0.05) is 6.07 Å². The van der Waals surface area contributed by atoms with Crippen LogP contribution in [0, 0.1) is 13.8 Å². The highest BCUT2D eigenvalue weighted by Crippen LogP contribution is 2.20. The topological polar surface area (TPSA) is 63.9 Å². The zero-order chi connectivity index (χ0) is 11.5. The highest BCUT2D eigenvalue weighted by atomic mass is 16.5. The second-order valence-corrected chi connectivity index (χ2v) is 3.88. The molecular weight excluding hydrogens is 202 g/mol. The molecule has 0 saturated heterocycles. The molecule has 1 heterocycles. The molecule has 0 aliphatic heterocycles. The van der Waals surface area contributed by atoms with Gasteiger partial charge >= 0.3 is 0 Å². The third kappa shape index (κ3) is 2.34. The third-order valence-electron chi connectivity index (χ3n) is 2.38. The lowest BCUT2D eigenvalue weighted by molar-refractivity contribution is 0.299. The summed E-state index contributed by atoms with van der Waals surface area (Å²) in [6.45, 7) is 4.52. The van der Waals surface area contributed by atoms with Crippen molar-refractivity contribution < 1.29 is 4.74 Å². The van der Waals surface area contributed by atoms with Crippen LogP contribution in [0.15, 0.2) is 24.3 Å². The van der Waals surface area contributed by atoms with E-state index < -0.39 is 0 Å². The second kappa shape index (κ2) is 4.26. The number of nitrogens with zero attached hydrogens (tertiary/aromatic N) is 1. The van der Waals surface area contributed by atoms with Crippen LogP contribution in [0.5, 0.6) is 5.75 Å². The van der Waals surface area contributed by atoms with Crippen LogP contribution in [-0.4, -0.2) is 10.2 Å². The maximum Gasteiger partial charge on any atom is 0.145 e. The highest BCUT2D eigenvalue weighted by molar-refractivity contribution is 5.36.